The Morgan fingerprint density at radius 1 is 1.31 bits per heavy atom. The molecule has 0 atom stereocenters. The average Bonchev–Trinajstić information content (AvgIpc) is 2.29. The lowest BCUT2D eigenvalue weighted by Crippen LogP contribution is -1.93. The summed E-state index contributed by atoms with van der Waals surface area (Å²) in [7, 11) is 1.67. The van der Waals surface area contributed by atoms with E-state index >= 15 is 0 Å². The number of methoxy groups -OCH3 is 1. The van der Waals surface area contributed by atoms with Gasteiger partial charge in [-0.1, -0.05) is 17.9 Å². The van der Waals surface area contributed by atoms with Crippen LogP contribution in [0.5, 0.6) is 5.75 Å². The van der Waals surface area contributed by atoms with Crippen LogP contribution in [0.3, 0.4) is 0 Å². The Kier molecular flexibility index (Phi) is 4.88. The quantitative estimate of drug-likeness (QED) is 0.623. The van der Waals surface area contributed by atoms with Crippen LogP contribution in [0, 0.1) is 25.7 Å². The van der Waals surface area contributed by atoms with Crippen LogP contribution in [-0.2, 0) is 0 Å². The van der Waals surface area contributed by atoms with E-state index in [1.165, 1.54) is 5.56 Å². The Morgan fingerprint density at radius 2 is 2.06 bits per heavy atom. The molecule has 0 aromatic heterocycles. The fourth-order valence-corrected chi connectivity index (χ4v) is 1.48. The molecule has 0 fully saturated rings. The van der Waals surface area contributed by atoms with Crippen molar-refractivity contribution < 1.29 is 9.84 Å². The molecule has 0 spiro atoms. The van der Waals surface area contributed by atoms with Gasteiger partial charge in [-0.3, -0.25) is 0 Å². The highest BCUT2D eigenvalue weighted by Crippen LogP contribution is 2.25. The van der Waals surface area contributed by atoms with Gasteiger partial charge in [0.2, 0.25) is 0 Å². The van der Waals surface area contributed by atoms with Crippen LogP contribution >= 0.6 is 0 Å². The molecule has 0 saturated carbocycles. The van der Waals surface area contributed by atoms with E-state index in [1.54, 1.807) is 7.11 Å². The second-order valence-electron chi connectivity index (χ2n) is 3.72. The fraction of sp³-hybridized carbons (Fsp3) is 0.429. The Hall–Kier alpha value is -1.46. The van der Waals surface area contributed by atoms with Crippen molar-refractivity contribution >= 4 is 0 Å². The van der Waals surface area contributed by atoms with Gasteiger partial charge >= 0.3 is 0 Å². The fourth-order valence-electron chi connectivity index (χ4n) is 1.48. The van der Waals surface area contributed by atoms with Crippen molar-refractivity contribution in [1.82, 2.24) is 0 Å². The third kappa shape index (κ3) is 3.01. The topological polar surface area (TPSA) is 29.5 Å². The number of ether oxygens (including phenoxy) is 1. The van der Waals surface area contributed by atoms with E-state index in [-0.39, 0.29) is 6.61 Å². The number of aliphatic hydroxyl groups is 1. The lowest BCUT2D eigenvalue weighted by molar-refractivity contribution is 0.290. The molecule has 0 aliphatic carbocycles. The van der Waals surface area contributed by atoms with Crippen LogP contribution < -0.4 is 4.74 Å². The Bertz CT molecular complexity index is 411. The molecule has 0 saturated heterocycles. The lowest BCUT2D eigenvalue weighted by Gasteiger charge is -2.09. The molecule has 2 heteroatoms. The van der Waals surface area contributed by atoms with Gasteiger partial charge in [0.1, 0.15) is 5.75 Å². The molecule has 1 aromatic rings. The van der Waals surface area contributed by atoms with Gasteiger partial charge in [0.25, 0.3) is 0 Å². The van der Waals surface area contributed by atoms with E-state index in [0.717, 1.165) is 23.3 Å². The zero-order valence-electron chi connectivity index (χ0n) is 10.1. The standard InChI is InChI=1S/C14H18O2/c1-11-8-9-13(7-5-4-6-10-15)14(16-3)12(11)2/h8-9,15H,4,6,10H2,1-3H3. The van der Waals surface area contributed by atoms with E-state index in [9.17, 15) is 0 Å². The van der Waals surface area contributed by atoms with Gasteiger partial charge < -0.3 is 9.84 Å². The third-order valence-electron chi connectivity index (χ3n) is 2.56. The summed E-state index contributed by atoms with van der Waals surface area (Å²) in [5, 5.41) is 8.65. The highest BCUT2D eigenvalue weighted by Gasteiger charge is 2.05. The lowest BCUT2D eigenvalue weighted by atomic mass is 10.0. The Balaban J connectivity index is 2.94. The highest BCUT2D eigenvalue weighted by atomic mass is 16.5. The molecule has 0 bridgehead atoms. The minimum atomic E-state index is 0.193. The number of hydrogen-bond donors (Lipinski definition) is 1. The van der Waals surface area contributed by atoms with Crippen molar-refractivity contribution in [2.75, 3.05) is 13.7 Å². The van der Waals surface area contributed by atoms with Crippen LogP contribution in [0.1, 0.15) is 29.5 Å². The first-order valence-corrected chi connectivity index (χ1v) is 5.44. The number of aliphatic hydroxyl groups excluding tert-OH is 1. The average molecular weight is 218 g/mol. The number of unbranched alkanes of at least 4 members (excludes halogenated alkanes) is 1. The van der Waals surface area contributed by atoms with Crippen molar-refractivity contribution in [1.29, 1.82) is 0 Å². The van der Waals surface area contributed by atoms with Crippen LogP contribution in [0.15, 0.2) is 12.1 Å². The van der Waals surface area contributed by atoms with E-state index in [4.69, 9.17) is 9.84 Å². The summed E-state index contributed by atoms with van der Waals surface area (Å²) >= 11 is 0. The molecule has 1 aromatic carbocycles. The van der Waals surface area contributed by atoms with Crippen LogP contribution in [0.2, 0.25) is 0 Å². The molecule has 0 radical (unpaired) electrons. The van der Waals surface area contributed by atoms with Crippen molar-refractivity contribution in [3.63, 3.8) is 0 Å². The summed E-state index contributed by atoms with van der Waals surface area (Å²) in [4.78, 5) is 0. The van der Waals surface area contributed by atoms with Gasteiger partial charge in [0.15, 0.2) is 0 Å². The predicted octanol–water partition coefficient (Wildman–Crippen LogP) is 2.44. The molecule has 0 aliphatic heterocycles. The minimum Gasteiger partial charge on any atom is -0.495 e. The molecule has 86 valence electrons. The first kappa shape index (κ1) is 12.6. The molecule has 0 aliphatic rings. The van der Waals surface area contributed by atoms with Crippen molar-refractivity contribution in [3.8, 4) is 17.6 Å². The van der Waals surface area contributed by atoms with Crippen LogP contribution in [-0.4, -0.2) is 18.8 Å². The Labute approximate surface area is 97.3 Å². The maximum atomic E-state index is 8.65. The summed E-state index contributed by atoms with van der Waals surface area (Å²) in [5.74, 6) is 6.97. The second-order valence-corrected chi connectivity index (χ2v) is 3.72. The summed E-state index contributed by atoms with van der Waals surface area (Å²) in [5.41, 5.74) is 3.26. The van der Waals surface area contributed by atoms with Crippen LogP contribution in [0.4, 0.5) is 0 Å². The molecule has 0 heterocycles. The summed E-state index contributed by atoms with van der Waals surface area (Å²) < 4.78 is 5.36. The Morgan fingerprint density at radius 3 is 2.69 bits per heavy atom. The summed E-state index contributed by atoms with van der Waals surface area (Å²) in [6.45, 7) is 4.28. The second kappa shape index (κ2) is 6.19. The van der Waals surface area contributed by atoms with Crippen molar-refractivity contribution in [2.24, 2.45) is 0 Å². The highest BCUT2D eigenvalue weighted by molar-refractivity contribution is 5.53. The maximum absolute atomic E-state index is 8.65. The van der Waals surface area contributed by atoms with Gasteiger partial charge in [-0.05, 0) is 37.5 Å². The van der Waals surface area contributed by atoms with Gasteiger partial charge in [-0.25, -0.2) is 0 Å². The first-order chi connectivity index (χ1) is 7.70. The normalized spacial score (nSPS) is 9.50. The smallest absolute Gasteiger partial charge is 0.137 e. The van der Waals surface area contributed by atoms with E-state index in [2.05, 4.69) is 18.8 Å². The zero-order chi connectivity index (χ0) is 12.0. The maximum Gasteiger partial charge on any atom is 0.137 e. The zero-order valence-corrected chi connectivity index (χ0v) is 10.1. The predicted molar refractivity (Wildman–Crippen MR) is 65.7 cm³/mol. The number of benzene rings is 1. The minimum absolute atomic E-state index is 0.193. The number of rotatable bonds is 3. The van der Waals surface area contributed by atoms with E-state index in [0.29, 0.717) is 6.42 Å². The number of hydrogen-bond acceptors (Lipinski definition) is 2. The monoisotopic (exact) mass is 218 g/mol. The van der Waals surface area contributed by atoms with E-state index < -0.39 is 0 Å². The largest absolute Gasteiger partial charge is 0.495 e. The molecule has 0 amide bonds. The molecule has 1 N–H and O–H groups in total. The molecule has 0 unspecified atom stereocenters. The molecule has 16 heavy (non-hydrogen) atoms. The van der Waals surface area contributed by atoms with Gasteiger partial charge in [0, 0.05) is 13.0 Å². The molecule has 1 rings (SSSR count). The van der Waals surface area contributed by atoms with Gasteiger partial charge in [-0.2, -0.15) is 0 Å². The summed E-state index contributed by atoms with van der Waals surface area (Å²) in [6, 6.07) is 4.03. The number of aryl methyl sites for hydroxylation is 1. The van der Waals surface area contributed by atoms with Gasteiger partial charge in [0.05, 0.1) is 12.7 Å². The first-order valence-electron chi connectivity index (χ1n) is 5.44. The SMILES string of the molecule is COc1c(C#CCCCO)ccc(C)c1C. The van der Waals surface area contributed by atoms with Crippen LogP contribution in [0.25, 0.3) is 0 Å². The van der Waals surface area contributed by atoms with Crippen molar-refractivity contribution in [2.45, 2.75) is 26.7 Å². The van der Waals surface area contributed by atoms with Gasteiger partial charge in [-0.15, -0.1) is 0 Å². The third-order valence-corrected chi connectivity index (χ3v) is 2.56. The summed E-state index contributed by atoms with van der Waals surface area (Å²) in [6.07, 6.45) is 1.44. The van der Waals surface area contributed by atoms with E-state index in [1.807, 2.05) is 19.1 Å². The molecule has 2 nitrogen and oxygen atoms in total. The van der Waals surface area contributed by atoms with Crippen molar-refractivity contribution in [3.05, 3.63) is 28.8 Å². The molecular weight excluding hydrogens is 200 g/mol. The molecular formula is C14H18O2.